The zero-order valence-corrected chi connectivity index (χ0v) is 13.6. The molecule has 0 heterocycles. The zero-order valence-electron chi connectivity index (χ0n) is 12.9. The van der Waals surface area contributed by atoms with Crippen LogP contribution in [-0.2, 0) is 11.8 Å². The summed E-state index contributed by atoms with van der Waals surface area (Å²) < 4.78 is 0. The lowest BCUT2D eigenvalue weighted by molar-refractivity contribution is 0.644. The maximum absolute atomic E-state index is 6.85. The Kier molecular flexibility index (Phi) is 4.08. The van der Waals surface area contributed by atoms with Crippen LogP contribution in [0.5, 0.6) is 0 Å². The lowest BCUT2D eigenvalue weighted by atomic mass is 9.88. The second-order valence-electron chi connectivity index (χ2n) is 6.72. The Labute approximate surface area is 133 Å². The van der Waals surface area contributed by atoms with Gasteiger partial charge in [-0.25, -0.2) is 0 Å². The Morgan fingerprint density at radius 2 is 1.57 bits per heavy atom. The van der Waals surface area contributed by atoms with Crippen LogP contribution in [0.25, 0.3) is 0 Å². The average Bonchev–Trinajstić information content (AvgIpc) is 3.29. The number of hydrogen-bond acceptors (Lipinski definition) is 0. The van der Waals surface area contributed by atoms with Gasteiger partial charge in [0, 0.05) is 5.41 Å². The maximum atomic E-state index is 6.85. The highest BCUT2D eigenvalue weighted by Crippen LogP contribution is 2.59. The van der Waals surface area contributed by atoms with Crippen molar-refractivity contribution in [2.24, 2.45) is 5.92 Å². The molecule has 2 aromatic carbocycles. The molecule has 110 valence electrons. The number of halogens is 1. The molecule has 1 fully saturated rings. The van der Waals surface area contributed by atoms with Crippen LogP contribution in [0.4, 0.5) is 0 Å². The molecule has 1 unspecified atom stereocenters. The van der Waals surface area contributed by atoms with Crippen LogP contribution in [0.2, 0.25) is 0 Å². The smallest absolute Gasteiger partial charge is 0.0681 e. The molecule has 1 heteroatoms. The van der Waals surface area contributed by atoms with Crippen molar-refractivity contribution in [2.45, 2.75) is 43.9 Å². The average molecular weight is 299 g/mol. The molecule has 0 radical (unpaired) electrons. The summed E-state index contributed by atoms with van der Waals surface area (Å²) in [5, 5.41) is 0.0769. The second-order valence-corrected chi connectivity index (χ2v) is 7.16. The normalized spacial score (nSPS) is 17.7. The molecular formula is C20H23Cl. The van der Waals surface area contributed by atoms with Gasteiger partial charge in [0.05, 0.1) is 5.38 Å². The minimum absolute atomic E-state index is 0.0769. The summed E-state index contributed by atoms with van der Waals surface area (Å²) in [6, 6.07) is 19.7. The summed E-state index contributed by atoms with van der Waals surface area (Å²) in [7, 11) is 0. The fraction of sp³-hybridized carbons (Fsp3) is 0.400. The van der Waals surface area contributed by atoms with Crippen molar-refractivity contribution in [2.75, 3.05) is 0 Å². The summed E-state index contributed by atoms with van der Waals surface area (Å²) in [5.74, 6) is 0.696. The van der Waals surface area contributed by atoms with Gasteiger partial charge in [-0.1, -0.05) is 68.4 Å². The van der Waals surface area contributed by atoms with E-state index in [-0.39, 0.29) is 10.8 Å². The SMILES string of the molecule is CC(C)Cc1ccc(C(Cl)C2(c3ccccc3)CC2)cc1. The Hall–Kier alpha value is -1.27. The summed E-state index contributed by atoms with van der Waals surface area (Å²) in [4.78, 5) is 0. The van der Waals surface area contributed by atoms with Gasteiger partial charge >= 0.3 is 0 Å². The summed E-state index contributed by atoms with van der Waals surface area (Å²) in [6.07, 6.45) is 3.52. The van der Waals surface area contributed by atoms with E-state index in [1.807, 2.05) is 0 Å². The van der Waals surface area contributed by atoms with E-state index < -0.39 is 0 Å². The molecule has 0 saturated heterocycles. The minimum atomic E-state index is 0.0769. The van der Waals surface area contributed by atoms with E-state index in [4.69, 9.17) is 11.6 Å². The Bertz CT molecular complexity index is 579. The zero-order chi connectivity index (χ0) is 14.9. The highest BCUT2D eigenvalue weighted by atomic mass is 35.5. The Morgan fingerprint density at radius 3 is 2.10 bits per heavy atom. The van der Waals surface area contributed by atoms with Gasteiger partial charge in [0.1, 0.15) is 0 Å². The molecule has 0 bridgehead atoms. The van der Waals surface area contributed by atoms with E-state index >= 15 is 0 Å². The van der Waals surface area contributed by atoms with E-state index in [2.05, 4.69) is 68.4 Å². The fourth-order valence-corrected chi connectivity index (χ4v) is 3.70. The number of rotatable bonds is 5. The van der Waals surface area contributed by atoms with Gasteiger partial charge < -0.3 is 0 Å². The third-order valence-corrected chi connectivity index (χ3v) is 5.21. The van der Waals surface area contributed by atoms with Crippen LogP contribution in [-0.4, -0.2) is 0 Å². The van der Waals surface area contributed by atoms with Crippen LogP contribution >= 0.6 is 11.6 Å². The van der Waals surface area contributed by atoms with Crippen LogP contribution in [0.3, 0.4) is 0 Å². The maximum Gasteiger partial charge on any atom is 0.0681 e. The first-order valence-corrected chi connectivity index (χ1v) is 8.34. The van der Waals surface area contributed by atoms with Crippen molar-refractivity contribution in [1.29, 1.82) is 0 Å². The first-order valence-electron chi connectivity index (χ1n) is 7.90. The molecule has 0 nitrogen and oxygen atoms in total. The molecule has 0 aromatic heterocycles. The molecule has 1 saturated carbocycles. The van der Waals surface area contributed by atoms with Gasteiger partial charge in [0.25, 0.3) is 0 Å². The first-order chi connectivity index (χ1) is 10.1. The fourth-order valence-electron chi connectivity index (χ4n) is 3.21. The number of hydrogen-bond donors (Lipinski definition) is 0. The molecule has 1 atom stereocenters. The Balaban J connectivity index is 1.81. The molecule has 2 aromatic rings. The van der Waals surface area contributed by atoms with Gasteiger partial charge in [-0.05, 0) is 41.9 Å². The molecule has 0 spiro atoms. The molecule has 3 rings (SSSR count). The van der Waals surface area contributed by atoms with Crippen LogP contribution in [0, 0.1) is 5.92 Å². The standard InChI is InChI=1S/C20H23Cl/c1-15(2)14-16-8-10-17(11-9-16)19(21)20(12-13-20)18-6-4-3-5-7-18/h3-11,15,19H,12-14H2,1-2H3. The predicted molar refractivity (Wildman–Crippen MR) is 90.9 cm³/mol. The molecule has 1 aliphatic rings. The largest absolute Gasteiger partial charge is 0.117 e. The molecule has 1 aliphatic carbocycles. The highest BCUT2D eigenvalue weighted by Gasteiger charge is 2.50. The van der Waals surface area contributed by atoms with Crippen molar-refractivity contribution in [3.05, 3.63) is 71.3 Å². The molecule has 21 heavy (non-hydrogen) atoms. The van der Waals surface area contributed by atoms with Gasteiger partial charge in [-0.3, -0.25) is 0 Å². The number of alkyl halides is 1. The van der Waals surface area contributed by atoms with Gasteiger partial charge in [-0.15, -0.1) is 11.6 Å². The van der Waals surface area contributed by atoms with E-state index in [1.165, 1.54) is 29.5 Å². The number of benzene rings is 2. The summed E-state index contributed by atoms with van der Waals surface area (Å²) in [6.45, 7) is 4.51. The van der Waals surface area contributed by atoms with E-state index in [9.17, 15) is 0 Å². The third kappa shape index (κ3) is 3.01. The van der Waals surface area contributed by atoms with Gasteiger partial charge in [-0.2, -0.15) is 0 Å². The minimum Gasteiger partial charge on any atom is -0.117 e. The lowest BCUT2D eigenvalue weighted by Gasteiger charge is -2.23. The van der Waals surface area contributed by atoms with Crippen LogP contribution in [0.1, 0.15) is 48.8 Å². The Morgan fingerprint density at radius 1 is 0.952 bits per heavy atom. The molecule has 0 aliphatic heterocycles. The van der Waals surface area contributed by atoms with Crippen molar-refractivity contribution in [1.82, 2.24) is 0 Å². The van der Waals surface area contributed by atoms with Gasteiger partial charge in [0.15, 0.2) is 0 Å². The lowest BCUT2D eigenvalue weighted by Crippen LogP contribution is -2.14. The van der Waals surface area contributed by atoms with E-state index in [0.717, 1.165) is 6.42 Å². The van der Waals surface area contributed by atoms with Crippen molar-refractivity contribution >= 4 is 11.6 Å². The molecule has 0 N–H and O–H groups in total. The van der Waals surface area contributed by atoms with Gasteiger partial charge in [0.2, 0.25) is 0 Å². The highest BCUT2D eigenvalue weighted by molar-refractivity contribution is 6.22. The van der Waals surface area contributed by atoms with E-state index in [1.54, 1.807) is 0 Å². The summed E-state index contributed by atoms with van der Waals surface area (Å²) >= 11 is 6.85. The third-order valence-electron chi connectivity index (χ3n) is 4.54. The van der Waals surface area contributed by atoms with Crippen LogP contribution in [0.15, 0.2) is 54.6 Å². The van der Waals surface area contributed by atoms with E-state index in [0.29, 0.717) is 5.92 Å². The summed E-state index contributed by atoms with van der Waals surface area (Å²) in [5.41, 5.74) is 4.20. The van der Waals surface area contributed by atoms with Crippen molar-refractivity contribution < 1.29 is 0 Å². The first kappa shape index (κ1) is 14.7. The second kappa shape index (κ2) is 5.85. The topological polar surface area (TPSA) is 0 Å². The quantitative estimate of drug-likeness (QED) is 0.603. The molecule has 0 amide bonds. The van der Waals surface area contributed by atoms with Crippen molar-refractivity contribution in [3.63, 3.8) is 0 Å². The predicted octanol–water partition coefficient (Wildman–Crippen LogP) is 5.90. The van der Waals surface area contributed by atoms with Crippen LogP contribution < -0.4 is 0 Å². The molecular weight excluding hydrogens is 276 g/mol. The van der Waals surface area contributed by atoms with Crippen molar-refractivity contribution in [3.8, 4) is 0 Å². The monoisotopic (exact) mass is 298 g/mol.